The van der Waals surface area contributed by atoms with Gasteiger partial charge in [-0.3, -0.25) is 9.59 Å². The van der Waals surface area contributed by atoms with Crippen LogP contribution in [0.4, 0.5) is 0 Å². The summed E-state index contributed by atoms with van der Waals surface area (Å²) in [7, 11) is -3.96. The molecule has 10 nitrogen and oxygen atoms in total. The second kappa shape index (κ2) is 11.9. The Balaban J connectivity index is 1.18. The fraction of sp³-hybridized carbons (Fsp3) is 0.429. The lowest BCUT2D eigenvalue weighted by molar-refractivity contribution is -0.144. The van der Waals surface area contributed by atoms with E-state index in [1.807, 2.05) is 6.07 Å². The monoisotopic (exact) mass is 588 g/mol. The largest absolute Gasteiger partial charge is 0.462 e. The normalized spacial score (nSPS) is 20.8. The third kappa shape index (κ3) is 6.18. The lowest BCUT2D eigenvalue weighted by Crippen LogP contribution is -2.54. The molecule has 1 aromatic heterocycles. The number of aliphatic hydroxyl groups is 1. The zero-order valence-electron chi connectivity index (χ0n) is 22.2. The molecule has 12 heteroatoms. The summed E-state index contributed by atoms with van der Waals surface area (Å²) in [6.07, 6.45) is 2.01. The van der Waals surface area contributed by atoms with Crippen LogP contribution in [0.15, 0.2) is 57.8 Å². The number of hydrogen-bond acceptors (Lipinski definition) is 7. The van der Waals surface area contributed by atoms with Crippen LogP contribution < -0.4 is 10.0 Å². The molecule has 2 amide bonds. The topological polar surface area (TPSA) is 132 Å². The summed E-state index contributed by atoms with van der Waals surface area (Å²) in [6, 6.07) is 11.9. The van der Waals surface area contributed by atoms with Crippen LogP contribution in [0.1, 0.15) is 37.7 Å². The van der Waals surface area contributed by atoms with Crippen molar-refractivity contribution in [1.82, 2.24) is 19.8 Å². The van der Waals surface area contributed by atoms with Gasteiger partial charge in [-0.25, -0.2) is 8.42 Å². The van der Waals surface area contributed by atoms with Crippen LogP contribution in [0, 0.1) is 0 Å². The molecule has 2 fully saturated rings. The van der Waals surface area contributed by atoms with Gasteiger partial charge < -0.3 is 24.6 Å². The van der Waals surface area contributed by atoms with Gasteiger partial charge in [0.25, 0.3) is 0 Å². The number of sulfonamides is 1. The van der Waals surface area contributed by atoms with Crippen LogP contribution in [-0.4, -0.2) is 72.9 Å². The van der Waals surface area contributed by atoms with E-state index in [2.05, 4.69) is 10.0 Å². The highest BCUT2D eigenvalue weighted by atomic mass is 35.5. The van der Waals surface area contributed by atoms with Crippen molar-refractivity contribution in [2.24, 2.45) is 0 Å². The van der Waals surface area contributed by atoms with E-state index in [1.165, 1.54) is 11.0 Å². The van der Waals surface area contributed by atoms with Gasteiger partial charge in [-0.1, -0.05) is 23.7 Å². The predicted octanol–water partition coefficient (Wildman–Crippen LogP) is 2.63. The number of rotatable bonds is 9. The Kier molecular flexibility index (Phi) is 8.48. The van der Waals surface area contributed by atoms with Gasteiger partial charge in [-0.15, -0.1) is 0 Å². The first-order valence-electron chi connectivity index (χ1n) is 13.4. The number of furan rings is 1. The summed E-state index contributed by atoms with van der Waals surface area (Å²) >= 11 is 6.03. The average Bonchev–Trinajstić information content (AvgIpc) is 3.57. The third-order valence-electron chi connectivity index (χ3n) is 7.62. The molecule has 3 N–H and O–H groups in total. The van der Waals surface area contributed by atoms with Crippen molar-refractivity contribution in [3.63, 3.8) is 0 Å². The van der Waals surface area contributed by atoms with Gasteiger partial charge in [0, 0.05) is 30.7 Å². The standard InChI is InChI=1S/C28H33ClN4O6S/c1-18(27(35)32-11-2-3-22(16-32)30-15-23-7-8-24(17-34)39-23)33-12-10-26(28(33)36)31-40(37,38)25-9-5-19-13-21(29)6-4-20(19)14-25/h4-9,13-14,18,22,26,30-31,34H,2-3,10-12,15-17H2,1H3. The molecule has 0 spiro atoms. The van der Waals surface area contributed by atoms with Gasteiger partial charge in [0.05, 0.1) is 11.4 Å². The minimum Gasteiger partial charge on any atom is -0.462 e. The molecule has 0 bridgehead atoms. The summed E-state index contributed by atoms with van der Waals surface area (Å²) in [5.74, 6) is 0.660. The van der Waals surface area contributed by atoms with E-state index >= 15 is 0 Å². The first-order chi connectivity index (χ1) is 19.1. The molecule has 40 heavy (non-hydrogen) atoms. The fourth-order valence-corrected chi connectivity index (χ4v) is 6.84. The lowest BCUT2D eigenvalue weighted by atomic mass is 10.0. The Hall–Kier alpha value is -2.96. The Morgan fingerprint density at radius 1 is 1.10 bits per heavy atom. The average molecular weight is 589 g/mol. The molecule has 214 valence electrons. The number of carbonyl (C=O) groups is 2. The summed E-state index contributed by atoms with van der Waals surface area (Å²) < 4.78 is 34.3. The van der Waals surface area contributed by atoms with Crippen LogP contribution in [0.25, 0.3) is 10.8 Å². The van der Waals surface area contributed by atoms with E-state index in [1.54, 1.807) is 48.2 Å². The number of halogens is 1. The number of amides is 2. The van der Waals surface area contributed by atoms with E-state index in [-0.39, 0.29) is 36.4 Å². The summed E-state index contributed by atoms with van der Waals surface area (Å²) in [6.45, 7) is 3.42. The van der Waals surface area contributed by atoms with Crippen molar-refractivity contribution < 1.29 is 27.5 Å². The molecule has 0 saturated carbocycles. The lowest BCUT2D eigenvalue weighted by Gasteiger charge is -2.36. The number of hydrogen-bond donors (Lipinski definition) is 3. The molecule has 0 aliphatic carbocycles. The second-order valence-electron chi connectivity index (χ2n) is 10.4. The van der Waals surface area contributed by atoms with E-state index in [4.69, 9.17) is 21.1 Å². The summed E-state index contributed by atoms with van der Waals surface area (Å²) in [4.78, 5) is 29.9. The van der Waals surface area contributed by atoms with Gasteiger partial charge in [0.2, 0.25) is 21.8 Å². The van der Waals surface area contributed by atoms with Crippen molar-refractivity contribution in [3.8, 4) is 0 Å². The molecule has 3 atom stereocenters. The Morgan fingerprint density at radius 2 is 1.85 bits per heavy atom. The third-order valence-corrected chi connectivity index (χ3v) is 9.32. The number of nitrogens with one attached hydrogen (secondary N) is 2. The molecule has 3 heterocycles. The quantitative estimate of drug-likeness (QED) is 0.350. The molecule has 2 saturated heterocycles. The molecule has 2 aromatic carbocycles. The molecule has 3 aromatic rings. The summed E-state index contributed by atoms with van der Waals surface area (Å²) in [5.41, 5.74) is 0. The number of fused-ring (bicyclic) bond motifs is 1. The van der Waals surface area contributed by atoms with Gasteiger partial charge in [-0.05, 0) is 73.4 Å². The van der Waals surface area contributed by atoms with Gasteiger partial charge >= 0.3 is 0 Å². The number of piperidine rings is 1. The minimum absolute atomic E-state index is 0.0617. The zero-order valence-corrected chi connectivity index (χ0v) is 23.7. The maximum atomic E-state index is 13.4. The Bertz CT molecular complexity index is 1510. The van der Waals surface area contributed by atoms with Crippen LogP contribution in [0.3, 0.4) is 0 Å². The Labute approximate surface area is 238 Å². The summed E-state index contributed by atoms with van der Waals surface area (Å²) in [5, 5.41) is 14.7. The van der Waals surface area contributed by atoms with Crippen LogP contribution >= 0.6 is 11.6 Å². The Morgan fingerprint density at radius 3 is 2.62 bits per heavy atom. The second-order valence-corrected chi connectivity index (χ2v) is 12.5. The number of benzene rings is 2. The fourth-order valence-electron chi connectivity index (χ4n) is 5.40. The van der Waals surface area contributed by atoms with E-state index in [9.17, 15) is 18.0 Å². The van der Waals surface area contributed by atoms with Crippen LogP contribution in [0.5, 0.6) is 0 Å². The molecule has 0 radical (unpaired) electrons. The number of nitrogens with zero attached hydrogens (tertiary/aromatic N) is 2. The number of aliphatic hydroxyl groups excluding tert-OH is 1. The van der Waals surface area contributed by atoms with Gasteiger partial charge in [-0.2, -0.15) is 4.72 Å². The highest BCUT2D eigenvalue weighted by molar-refractivity contribution is 7.89. The van der Waals surface area contributed by atoms with Crippen LogP contribution in [-0.2, 0) is 32.8 Å². The molecule has 2 aliphatic rings. The molecular weight excluding hydrogens is 556 g/mol. The smallest absolute Gasteiger partial charge is 0.245 e. The van der Waals surface area contributed by atoms with Crippen molar-refractivity contribution in [2.45, 2.75) is 62.4 Å². The molecular formula is C28H33ClN4O6S. The maximum Gasteiger partial charge on any atom is 0.245 e. The predicted molar refractivity (Wildman–Crippen MR) is 150 cm³/mol. The van der Waals surface area contributed by atoms with Crippen molar-refractivity contribution in [3.05, 3.63) is 65.1 Å². The van der Waals surface area contributed by atoms with Crippen LogP contribution in [0.2, 0.25) is 5.02 Å². The molecule has 2 aliphatic heterocycles. The highest BCUT2D eigenvalue weighted by Crippen LogP contribution is 2.24. The van der Waals surface area contributed by atoms with Crippen molar-refractivity contribution >= 4 is 44.2 Å². The number of carbonyl (C=O) groups excluding carboxylic acids is 2. The SMILES string of the molecule is CC(C(=O)N1CCCC(NCc2ccc(CO)o2)C1)N1CCC(NS(=O)(=O)c2ccc3cc(Cl)ccc3c2)C1=O. The first-order valence-corrected chi connectivity index (χ1v) is 15.2. The molecule has 5 rings (SSSR count). The van der Waals surface area contributed by atoms with Gasteiger partial charge in [0.1, 0.15) is 30.2 Å². The zero-order chi connectivity index (χ0) is 28.4. The van der Waals surface area contributed by atoms with Crippen molar-refractivity contribution in [1.29, 1.82) is 0 Å². The first kappa shape index (κ1) is 28.6. The number of likely N-dealkylation sites (tertiary alicyclic amines) is 2. The van der Waals surface area contributed by atoms with E-state index in [0.29, 0.717) is 36.2 Å². The highest BCUT2D eigenvalue weighted by Gasteiger charge is 2.40. The molecule has 3 unspecified atom stereocenters. The van der Waals surface area contributed by atoms with E-state index in [0.717, 1.165) is 23.6 Å². The van der Waals surface area contributed by atoms with Crippen molar-refractivity contribution in [2.75, 3.05) is 19.6 Å². The van der Waals surface area contributed by atoms with E-state index < -0.39 is 28.0 Å². The minimum atomic E-state index is -3.96. The van der Waals surface area contributed by atoms with Gasteiger partial charge in [0.15, 0.2) is 0 Å². The maximum absolute atomic E-state index is 13.4.